The van der Waals surface area contributed by atoms with Crippen molar-refractivity contribution in [1.29, 1.82) is 0 Å². The number of hydrazine groups is 1. The van der Waals surface area contributed by atoms with Crippen LogP contribution in [-0.4, -0.2) is 45.4 Å². The SMILES string of the molecule is CCOc1cccc(NC(=O)CC2C(=O)N(Cc3ccccc3)C(=S)N2NC(=O)c2ccc(Br)cc2)c1. The van der Waals surface area contributed by atoms with Gasteiger partial charge in [-0.3, -0.25) is 24.7 Å². The van der Waals surface area contributed by atoms with Crippen molar-refractivity contribution < 1.29 is 19.1 Å². The summed E-state index contributed by atoms with van der Waals surface area (Å²) in [5.41, 5.74) is 4.52. The molecular formula is C27H25BrN4O4S. The average molecular weight is 581 g/mol. The molecule has 1 aliphatic heterocycles. The molecule has 1 saturated heterocycles. The molecule has 0 spiro atoms. The van der Waals surface area contributed by atoms with Crippen molar-refractivity contribution in [2.24, 2.45) is 0 Å². The molecule has 1 fully saturated rings. The van der Waals surface area contributed by atoms with E-state index >= 15 is 0 Å². The molecule has 1 unspecified atom stereocenters. The summed E-state index contributed by atoms with van der Waals surface area (Å²) < 4.78 is 6.31. The first-order valence-electron chi connectivity index (χ1n) is 11.6. The third-order valence-corrected chi connectivity index (χ3v) is 6.56. The molecule has 190 valence electrons. The Bertz CT molecular complexity index is 1300. The van der Waals surface area contributed by atoms with Crippen LogP contribution in [0.4, 0.5) is 5.69 Å². The van der Waals surface area contributed by atoms with Crippen LogP contribution in [0.1, 0.15) is 29.3 Å². The largest absolute Gasteiger partial charge is 0.494 e. The van der Waals surface area contributed by atoms with Crippen LogP contribution in [0, 0.1) is 0 Å². The van der Waals surface area contributed by atoms with Crippen LogP contribution in [0.15, 0.2) is 83.3 Å². The van der Waals surface area contributed by atoms with Crippen molar-refractivity contribution in [3.63, 3.8) is 0 Å². The molecule has 3 amide bonds. The van der Waals surface area contributed by atoms with Crippen LogP contribution >= 0.6 is 28.1 Å². The molecule has 8 nitrogen and oxygen atoms in total. The number of hydrogen-bond acceptors (Lipinski definition) is 5. The normalized spacial score (nSPS) is 15.0. The molecule has 37 heavy (non-hydrogen) atoms. The second-order valence-electron chi connectivity index (χ2n) is 8.24. The summed E-state index contributed by atoms with van der Waals surface area (Å²) in [7, 11) is 0. The number of benzene rings is 3. The molecule has 0 bridgehead atoms. The number of hydrogen-bond donors (Lipinski definition) is 2. The zero-order valence-corrected chi connectivity index (χ0v) is 22.4. The second-order valence-corrected chi connectivity index (χ2v) is 9.52. The molecule has 1 heterocycles. The Morgan fingerprint density at radius 2 is 1.76 bits per heavy atom. The summed E-state index contributed by atoms with van der Waals surface area (Å²) in [5.74, 6) is -0.600. The van der Waals surface area contributed by atoms with E-state index in [9.17, 15) is 14.4 Å². The third kappa shape index (κ3) is 6.52. The third-order valence-electron chi connectivity index (χ3n) is 5.62. The Morgan fingerprint density at radius 1 is 1.03 bits per heavy atom. The van der Waals surface area contributed by atoms with Crippen LogP contribution in [0.3, 0.4) is 0 Å². The maximum Gasteiger partial charge on any atom is 0.269 e. The first kappa shape index (κ1) is 26.3. The van der Waals surface area contributed by atoms with E-state index in [4.69, 9.17) is 17.0 Å². The van der Waals surface area contributed by atoms with Gasteiger partial charge < -0.3 is 10.1 Å². The average Bonchev–Trinajstić information content (AvgIpc) is 3.09. The van der Waals surface area contributed by atoms with E-state index in [1.54, 1.807) is 48.5 Å². The van der Waals surface area contributed by atoms with Crippen molar-refractivity contribution in [3.05, 3.63) is 94.5 Å². The highest BCUT2D eigenvalue weighted by Gasteiger charge is 2.44. The molecule has 3 aromatic rings. The molecule has 2 N–H and O–H groups in total. The maximum absolute atomic E-state index is 13.5. The van der Waals surface area contributed by atoms with Gasteiger partial charge in [-0.2, -0.15) is 0 Å². The van der Waals surface area contributed by atoms with Crippen LogP contribution in [-0.2, 0) is 16.1 Å². The van der Waals surface area contributed by atoms with Gasteiger partial charge >= 0.3 is 0 Å². The van der Waals surface area contributed by atoms with Gasteiger partial charge in [-0.15, -0.1) is 0 Å². The minimum Gasteiger partial charge on any atom is -0.494 e. The van der Waals surface area contributed by atoms with E-state index in [1.165, 1.54) is 9.91 Å². The molecule has 0 aromatic heterocycles. The van der Waals surface area contributed by atoms with E-state index in [0.717, 1.165) is 10.0 Å². The van der Waals surface area contributed by atoms with Crippen molar-refractivity contribution in [3.8, 4) is 5.75 Å². The Balaban J connectivity index is 1.54. The molecule has 4 rings (SSSR count). The number of ether oxygens (including phenoxy) is 1. The van der Waals surface area contributed by atoms with E-state index in [0.29, 0.717) is 23.6 Å². The Hall–Kier alpha value is -3.76. The fourth-order valence-corrected chi connectivity index (χ4v) is 4.45. The molecule has 10 heteroatoms. The molecule has 0 aliphatic carbocycles. The zero-order valence-electron chi connectivity index (χ0n) is 20.0. The van der Waals surface area contributed by atoms with Crippen LogP contribution in [0.5, 0.6) is 5.75 Å². The van der Waals surface area contributed by atoms with Gasteiger partial charge in [-0.05, 0) is 61.1 Å². The summed E-state index contributed by atoms with van der Waals surface area (Å²) in [6.07, 6.45) is -0.219. The molecule has 1 atom stereocenters. The van der Waals surface area contributed by atoms with Gasteiger partial charge in [0.25, 0.3) is 11.8 Å². The Labute approximate surface area is 228 Å². The molecule has 0 radical (unpaired) electrons. The minimum atomic E-state index is -1.01. The number of carbonyl (C=O) groups is 3. The van der Waals surface area contributed by atoms with Gasteiger partial charge in [-0.25, -0.2) is 5.01 Å². The van der Waals surface area contributed by atoms with Gasteiger partial charge in [0.1, 0.15) is 11.8 Å². The predicted octanol–water partition coefficient (Wildman–Crippen LogP) is 4.52. The zero-order chi connectivity index (χ0) is 26.4. The van der Waals surface area contributed by atoms with Gasteiger partial charge in [0, 0.05) is 21.8 Å². The lowest BCUT2D eigenvalue weighted by Crippen LogP contribution is -2.49. The number of thiocarbonyl (C=S) groups is 1. The van der Waals surface area contributed by atoms with Crippen molar-refractivity contribution in [1.82, 2.24) is 15.3 Å². The smallest absolute Gasteiger partial charge is 0.269 e. The Morgan fingerprint density at radius 3 is 2.46 bits per heavy atom. The lowest BCUT2D eigenvalue weighted by molar-refractivity contribution is -0.131. The molecule has 3 aromatic carbocycles. The number of rotatable bonds is 9. The fourth-order valence-electron chi connectivity index (χ4n) is 3.86. The predicted molar refractivity (Wildman–Crippen MR) is 148 cm³/mol. The molecule has 1 aliphatic rings. The monoisotopic (exact) mass is 580 g/mol. The first-order valence-corrected chi connectivity index (χ1v) is 12.8. The topological polar surface area (TPSA) is 91.0 Å². The summed E-state index contributed by atoms with van der Waals surface area (Å²) in [5, 5.41) is 4.23. The summed E-state index contributed by atoms with van der Waals surface area (Å²) in [6, 6.07) is 22.1. The number of carbonyl (C=O) groups excluding carboxylic acids is 3. The number of amides is 3. The maximum atomic E-state index is 13.5. The van der Waals surface area contributed by atoms with Gasteiger partial charge in [0.15, 0.2) is 5.11 Å². The lowest BCUT2D eigenvalue weighted by atomic mass is 10.1. The number of anilines is 1. The highest BCUT2D eigenvalue weighted by Crippen LogP contribution is 2.23. The van der Waals surface area contributed by atoms with E-state index in [-0.39, 0.29) is 24.0 Å². The van der Waals surface area contributed by atoms with Crippen LogP contribution < -0.4 is 15.5 Å². The van der Waals surface area contributed by atoms with Crippen molar-refractivity contribution >= 4 is 56.7 Å². The first-order chi connectivity index (χ1) is 17.9. The summed E-state index contributed by atoms with van der Waals surface area (Å²) in [4.78, 5) is 40.8. The van der Waals surface area contributed by atoms with Crippen molar-refractivity contribution in [2.45, 2.75) is 25.9 Å². The number of nitrogens with one attached hydrogen (secondary N) is 2. The van der Waals surface area contributed by atoms with Gasteiger partial charge in [0.05, 0.1) is 19.6 Å². The van der Waals surface area contributed by atoms with Crippen LogP contribution in [0.2, 0.25) is 0 Å². The van der Waals surface area contributed by atoms with E-state index < -0.39 is 17.9 Å². The molecular weight excluding hydrogens is 556 g/mol. The van der Waals surface area contributed by atoms with E-state index in [1.807, 2.05) is 37.3 Å². The summed E-state index contributed by atoms with van der Waals surface area (Å²) in [6.45, 7) is 2.59. The van der Waals surface area contributed by atoms with Crippen LogP contribution in [0.25, 0.3) is 0 Å². The highest BCUT2D eigenvalue weighted by atomic mass is 79.9. The molecule has 0 saturated carbocycles. The number of nitrogens with zero attached hydrogens (tertiary/aromatic N) is 2. The second kappa shape index (κ2) is 12.0. The minimum absolute atomic E-state index is 0.121. The number of halogens is 1. The standard InChI is InChI=1S/C27H25BrN4O4S/c1-2-36-22-10-6-9-21(15-22)29-24(33)16-23-26(35)31(17-18-7-4-3-5-8-18)27(37)32(23)30-25(34)19-11-13-20(28)14-12-19/h3-15,23H,2,16-17H2,1H3,(H,29,33)(H,30,34). The summed E-state index contributed by atoms with van der Waals surface area (Å²) >= 11 is 8.94. The highest BCUT2D eigenvalue weighted by molar-refractivity contribution is 9.10. The van der Waals surface area contributed by atoms with Crippen molar-refractivity contribution in [2.75, 3.05) is 11.9 Å². The van der Waals surface area contributed by atoms with Gasteiger partial charge in [0.2, 0.25) is 5.91 Å². The van der Waals surface area contributed by atoms with E-state index in [2.05, 4.69) is 26.7 Å². The quantitative estimate of drug-likeness (QED) is 0.362. The fraction of sp³-hybridized carbons (Fsp3) is 0.185. The van der Waals surface area contributed by atoms with Gasteiger partial charge in [-0.1, -0.05) is 52.3 Å². The lowest BCUT2D eigenvalue weighted by Gasteiger charge is -2.24. The Kier molecular flexibility index (Phi) is 8.52.